The molecule has 0 saturated heterocycles. The fourth-order valence-corrected chi connectivity index (χ4v) is 4.01. The van der Waals surface area contributed by atoms with Gasteiger partial charge in [-0.25, -0.2) is 13.6 Å². The average Bonchev–Trinajstić information content (AvgIpc) is 3.43. The number of hydrogen-bond acceptors (Lipinski definition) is 2. The van der Waals surface area contributed by atoms with Crippen molar-refractivity contribution in [2.45, 2.75) is 49.9 Å². The summed E-state index contributed by atoms with van der Waals surface area (Å²) < 4.78 is 67.1. The number of aromatic amines is 1. The molecule has 5 nitrogen and oxygen atoms in total. The smallest absolute Gasteiger partial charge is 0.325 e. The molecule has 156 valence electrons. The largest absolute Gasteiger partial charge is 0.411 e. The molecule has 10 heteroatoms. The minimum atomic E-state index is -4.55. The predicted molar refractivity (Wildman–Crippen MR) is 94.5 cm³/mol. The molecule has 2 aromatic rings. The van der Waals surface area contributed by atoms with E-state index < -0.39 is 41.0 Å². The van der Waals surface area contributed by atoms with Crippen molar-refractivity contribution in [1.29, 1.82) is 0 Å². The minimum Gasteiger partial charge on any atom is -0.325 e. The van der Waals surface area contributed by atoms with Crippen molar-refractivity contribution in [2.75, 3.05) is 7.05 Å². The molecule has 0 radical (unpaired) electrons. The highest BCUT2D eigenvalue weighted by Crippen LogP contribution is 2.49. The maximum Gasteiger partial charge on any atom is 0.411 e. The van der Waals surface area contributed by atoms with Crippen LogP contribution in [0.15, 0.2) is 16.9 Å². The molecular formula is C19H18F5N3O2. The number of nitrogens with one attached hydrogen (secondary N) is 2. The number of pyridine rings is 1. The van der Waals surface area contributed by atoms with E-state index in [2.05, 4.69) is 10.3 Å². The monoisotopic (exact) mass is 415 g/mol. The number of alkyl halides is 3. The van der Waals surface area contributed by atoms with Gasteiger partial charge in [-0.2, -0.15) is 13.2 Å². The molecule has 1 aromatic heterocycles. The van der Waals surface area contributed by atoms with E-state index in [1.54, 1.807) is 0 Å². The van der Waals surface area contributed by atoms with Crippen LogP contribution >= 0.6 is 0 Å². The van der Waals surface area contributed by atoms with Gasteiger partial charge in [-0.05, 0) is 49.6 Å². The van der Waals surface area contributed by atoms with Crippen molar-refractivity contribution in [3.05, 3.63) is 45.4 Å². The number of amides is 2. The van der Waals surface area contributed by atoms with E-state index in [9.17, 15) is 31.5 Å². The van der Waals surface area contributed by atoms with Crippen molar-refractivity contribution in [1.82, 2.24) is 15.2 Å². The molecule has 2 amide bonds. The van der Waals surface area contributed by atoms with Gasteiger partial charge in [-0.3, -0.25) is 4.79 Å². The maximum absolute atomic E-state index is 13.9. The van der Waals surface area contributed by atoms with Gasteiger partial charge in [0.2, 0.25) is 0 Å². The van der Waals surface area contributed by atoms with E-state index in [1.165, 1.54) is 7.05 Å². The lowest BCUT2D eigenvalue weighted by atomic mass is 9.87. The highest BCUT2D eigenvalue weighted by atomic mass is 19.4. The molecule has 2 aliphatic carbocycles. The zero-order valence-corrected chi connectivity index (χ0v) is 15.4. The van der Waals surface area contributed by atoms with Gasteiger partial charge in [0.1, 0.15) is 5.54 Å². The number of aromatic nitrogens is 1. The Bertz CT molecular complexity index is 1060. The number of benzene rings is 1. The first-order chi connectivity index (χ1) is 13.5. The molecule has 1 aromatic carbocycles. The van der Waals surface area contributed by atoms with Gasteiger partial charge in [0.15, 0.2) is 11.6 Å². The van der Waals surface area contributed by atoms with Crippen molar-refractivity contribution in [3.63, 3.8) is 0 Å². The summed E-state index contributed by atoms with van der Waals surface area (Å²) in [6.45, 7) is 0. The van der Waals surface area contributed by atoms with Crippen molar-refractivity contribution >= 4 is 16.8 Å². The van der Waals surface area contributed by atoms with Gasteiger partial charge in [0.05, 0.1) is 11.4 Å². The van der Waals surface area contributed by atoms with Crippen molar-refractivity contribution in [2.24, 2.45) is 0 Å². The summed E-state index contributed by atoms with van der Waals surface area (Å²) in [5.41, 5.74) is -1.89. The normalized spacial score (nSPS) is 20.3. The second kappa shape index (κ2) is 6.43. The minimum absolute atomic E-state index is 0.0719. The van der Waals surface area contributed by atoms with Gasteiger partial charge >= 0.3 is 12.2 Å². The Kier molecular flexibility index (Phi) is 4.36. The summed E-state index contributed by atoms with van der Waals surface area (Å²) in [6, 6.07) is 0.103. The molecule has 1 fully saturated rings. The first kappa shape index (κ1) is 19.7. The second-order valence-corrected chi connectivity index (χ2v) is 7.69. The van der Waals surface area contributed by atoms with Crippen LogP contribution in [-0.4, -0.2) is 34.7 Å². The zero-order valence-electron chi connectivity index (χ0n) is 15.4. The van der Waals surface area contributed by atoms with Crippen LogP contribution in [0, 0.1) is 11.6 Å². The first-order valence-electron chi connectivity index (χ1n) is 9.19. The Morgan fingerprint density at radius 1 is 1.21 bits per heavy atom. The third kappa shape index (κ3) is 3.14. The van der Waals surface area contributed by atoms with Gasteiger partial charge < -0.3 is 15.2 Å². The van der Waals surface area contributed by atoms with Gasteiger partial charge in [0.25, 0.3) is 5.56 Å². The highest BCUT2D eigenvalue weighted by molar-refractivity contribution is 5.87. The molecule has 1 heterocycles. The SMILES string of the molecule is CN(C(=O)NC1(C(F)(F)F)CC1)[C@H]1CCCc2[nH]c(=O)c3cc(F)c(F)cc3c21. The van der Waals surface area contributed by atoms with Crippen LogP contribution in [0.5, 0.6) is 0 Å². The quantitative estimate of drug-likeness (QED) is 0.731. The topological polar surface area (TPSA) is 65.2 Å². The van der Waals surface area contributed by atoms with E-state index in [0.29, 0.717) is 30.5 Å². The Morgan fingerprint density at radius 3 is 2.41 bits per heavy atom. The van der Waals surface area contributed by atoms with Crippen LogP contribution in [0.1, 0.15) is 43.0 Å². The number of carbonyl (C=O) groups excluding carboxylic acids is 1. The third-order valence-electron chi connectivity index (χ3n) is 5.85. The standard InChI is InChI=1S/C19H18F5N3O2/c1-27(17(29)26-18(5-6-18)19(22,23)24)14-4-2-3-13-15(14)9-7-11(20)12(21)8-10(9)16(28)25-13/h7-8,14H,2-6H2,1H3,(H,25,28)(H,26,29)/t14-/m0/s1. The second-order valence-electron chi connectivity index (χ2n) is 7.69. The van der Waals surface area contributed by atoms with Crippen LogP contribution in [0.3, 0.4) is 0 Å². The molecule has 0 unspecified atom stereocenters. The average molecular weight is 415 g/mol. The molecule has 0 spiro atoms. The highest BCUT2D eigenvalue weighted by Gasteiger charge is 2.64. The number of aryl methyl sites for hydroxylation is 1. The van der Waals surface area contributed by atoms with Crippen molar-refractivity contribution in [3.8, 4) is 0 Å². The number of nitrogens with zero attached hydrogens (tertiary/aromatic N) is 1. The summed E-state index contributed by atoms with van der Waals surface area (Å²) in [7, 11) is 1.36. The van der Waals surface area contributed by atoms with Crippen LogP contribution < -0.4 is 10.9 Å². The zero-order chi connectivity index (χ0) is 21.1. The molecular weight excluding hydrogens is 397 g/mol. The summed E-state index contributed by atoms with van der Waals surface area (Å²) in [4.78, 5) is 28.6. The van der Waals surface area contributed by atoms with Gasteiger partial charge in [0, 0.05) is 18.3 Å². The number of urea groups is 1. The predicted octanol–water partition coefficient (Wildman–Crippen LogP) is 3.92. The fourth-order valence-electron chi connectivity index (χ4n) is 4.01. The van der Waals surface area contributed by atoms with E-state index in [4.69, 9.17) is 0 Å². The number of hydrogen-bond donors (Lipinski definition) is 2. The third-order valence-corrected chi connectivity index (χ3v) is 5.85. The molecule has 1 atom stereocenters. The van der Waals surface area contributed by atoms with Gasteiger partial charge in [-0.1, -0.05) is 0 Å². The molecule has 4 rings (SSSR count). The fraction of sp³-hybridized carbons (Fsp3) is 0.474. The lowest BCUT2D eigenvalue weighted by molar-refractivity contribution is -0.163. The lowest BCUT2D eigenvalue weighted by Gasteiger charge is -2.35. The Hall–Kier alpha value is -2.65. The van der Waals surface area contributed by atoms with Crippen LogP contribution in [0.4, 0.5) is 26.7 Å². The summed E-state index contributed by atoms with van der Waals surface area (Å²) in [5.74, 6) is -2.32. The van der Waals surface area contributed by atoms with E-state index in [0.717, 1.165) is 17.0 Å². The molecule has 0 aliphatic heterocycles. The lowest BCUT2D eigenvalue weighted by Crippen LogP contribution is -2.52. The van der Waals surface area contributed by atoms with Crippen LogP contribution in [0.25, 0.3) is 10.8 Å². The van der Waals surface area contributed by atoms with E-state index >= 15 is 0 Å². The van der Waals surface area contributed by atoms with Crippen molar-refractivity contribution < 1.29 is 26.7 Å². The van der Waals surface area contributed by atoms with E-state index in [-0.39, 0.29) is 23.6 Å². The summed E-state index contributed by atoms with van der Waals surface area (Å²) >= 11 is 0. The maximum atomic E-state index is 13.9. The number of H-pyrrole nitrogens is 1. The Labute approximate surface area is 161 Å². The molecule has 2 aliphatic rings. The number of rotatable bonds is 2. The molecule has 2 N–H and O–H groups in total. The van der Waals surface area contributed by atoms with Crippen LogP contribution in [0.2, 0.25) is 0 Å². The Balaban J connectivity index is 1.74. The number of carbonyl (C=O) groups is 1. The molecule has 1 saturated carbocycles. The molecule has 29 heavy (non-hydrogen) atoms. The summed E-state index contributed by atoms with van der Waals surface area (Å²) in [5, 5.41) is 2.16. The number of fused-ring (bicyclic) bond motifs is 3. The summed E-state index contributed by atoms with van der Waals surface area (Å²) in [6.07, 6.45) is -3.47. The first-order valence-corrected chi connectivity index (χ1v) is 9.19. The number of halogens is 5. The van der Waals surface area contributed by atoms with E-state index in [1.807, 2.05) is 0 Å². The molecule has 0 bridgehead atoms. The van der Waals surface area contributed by atoms with Gasteiger partial charge in [-0.15, -0.1) is 0 Å². The Morgan fingerprint density at radius 2 is 1.83 bits per heavy atom. The van der Waals surface area contributed by atoms with Crippen LogP contribution in [-0.2, 0) is 6.42 Å².